The van der Waals surface area contributed by atoms with Crippen molar-refractivity contribution in [1.82, 2.24) is 0 Å². The van der Waals surface area contributed by atoms with Crippen LogP contribution >= 0.6 is 22.6 Å². The number of imide groups is 1. The van der Waals surface area contributed by atoms with Crippen LogP contribution in [-0.2, 0) is 9.59 Å². The molecular formula is C18H16INO2. The molecule has 1 fully saturated rings. The Morgan fingerprint density at radius 2 is 1.68 bits per heavy atom. The zero-order chi connectivity index (χ0) is 15.7. The van der Waals surface area contributed by atoms with E-state index >= 15 is 0 Å². The number of hydrogen-bond donors (Lipinski definition) is 0. The minimum Gasteiger partial charge on any atom is -0.274 e. The Labute approximate surface area is 143 Å². The van der Waals surface area contributed by atoms with Crippen LogP contribution < -0.4 is 4.90 Å². The summed E-state index contributed by atoms with van der Waals surface area (Å²) >= 11 is 2.20. The largest absolute Gasteiger partial charge is 0.274 e. The molecule has 1 saturated heterocycles. The minimum atomic E-state index is -0.283. The van der Waals surface area contributed by atoms with Gasteiger partial charge in [0.25, 0.3) is 0 Å². The highest BCUT2D eigenvalue weighted by molar-refractivity contribution is 14.1. The lowest BCUT2D eigenvalue weighted by atomic mass is 9.86. The third-order valence-electron chi connectivity index (χ3n) is 4.20. The molecule has 0 unspecified atom stereocenters. The molecular weight excluding hydrogens is 389 g/mol. The molecule has 0 spiro atoms. The second-order valence-corrected chi connectivity index (χ2v) is 6.80. The van der Waals surface area contributed by atoms with Crippen LogP contribution in [0.4, 0.5) is 5.69 Å². The van der Waals surface area contributed by atoms with Crippen LogP contribution in [0.25, 0.3) is 0 Å². The molecule has 0 saturated carbocycles. The molecule has 1 aliphatic heterocycles. The lowest BCUT2D eigenvalue weighted by molar-refractivity contribution is -0.122. The van der Waals surface area contributed by atoms with Crippen LogP contribution in [0.5, 0.6) is 0 Å². The first-order valence-electron chi connectivity index (χ1n) is 7.25. The number of anilines is 1. The summed E-state index contributed by atoms with van der Waals surface area (Å²) in [5, 5.41) is 0. The zero-order valence-corrected chi connectivity index (χ0v) is 14.4. The Bertz CT molecular complexity index is 697. The molecule has 2 amide bonds. The van der Waals surface area contributed by atoms with Crippen molar-refractivity contribution in [2.75, 3.05) is 4.90 Å². The van der Waals surface area contributed by atoms with Crippen molar-refractivity contribution < 1.29 is 9.59 Å². The number of benzene rings is 2. The van der Waals surface area contributed by atoms with Gasteiger partial charge in [0.15, 0.2) is 0 Å². The lowest BCUT2D eigenvalue weighted by Gasteiger charge is -2.19. The molecule has 112 valence electrons. The van der Waals surface area contributed by atoms with Gasteiger partial charge in [-0.15, -0.1) is 0 Å². The van der Waals surface area contributed by atoms with Crippen molar-refractivity contribution in [1.29, 1.82) is 0 Å². The molecule has 0 N–H and O–H groups in total. The van der Waals surface area contributed by atoms with Crippen LogP contribution in [0.15, 0.2) is 54.6 Å². The Morgan fingerprint density at radius 1 is 1.05 bits per heavy atom. The Balaban J connectivity index is 1.87. The second kappa shape index (κ2) is 6.20. The van der Waals surface area contributed by atoms with E-state index in [1.165, 1.54) is 4.90 Å². The summed E-state index contributed by atoms with van der Waals surface area (Å²) in [5.74, 6) is -0.456. The standard InChI is InChI=1S/C18H16INO2/c1-12(13-5-3-2-4-6-13)16-11-17(21)20(18(16)22)15-9-7-14(19)8-10-15/h2-10,12,16H,11H2,1H3/t12-,16-/m0/s1. The SMILES string of the molecule is C[C@@H](c1ccccc1)[C@@H]1CC(=O)N(c2ccc(I)cc2)C1=O. The summed E-state index contributed by atoms with van der Waals surface area (Å²) < 4.78 is 1.08. The maximum absolute atomic E-state index is 12.7. The van der Waals surface area contributed by atoms with E-state index in [1.54, 1.807) is 0 Å². The van der Waals surface area contributed by atoms with Crippen molar-refractivity contribution in [3.05, 3.63) is 63.7 Å². The molecule has 22 heavy (non-hydrogen) atoms. The van der Waals surface area contributed by atoms with E-state index in [4.69, 9.17) is 0 Å². The van der Waals surface area contributed by atoms with Crippen molar-refractivity contribution >= 4 is 40.1 Å². The summed E-state index contributed by atoms with van der Waals surface area (Å²) in [5.41, 5.74) is 1.76. The van der Waals surface area contributed by atoms with Gasteiger partial charge >= 0.3 is 0 Å². The summed E-state index contributed by atoms with van der Waals surface area (Å²) in [6.45, 7) is 2.02. The number of rotatable bonds is 3. The van der Waals surface area contributed by atoms with Gasteiger partial charge in [-0.2, -0.15) is 0 Å². The molecule has 3 rings (SSSR count). The first kappa shape index (κ1) is 15.2. The van der Waals surface area contributed by atoms with E-state index in [2.05, 4.69) is 22.6 Å². The number of carbonyl (C=O) groups is 2. The Kier molecular flexibility index (Phi) is 4.29. The summed E-state index contributed by atoms with van der Waals surface area (Å²) in [6.07, 6.45) is 0.279. The van der Waals surface area contributed by atoms with Crippen molar-refractivity contribution in [2.24, 2.45) is 5.92 Å². The number of hydrogen-bond acceptors (Lipinski definition) is 2. The third-order valence-corrected chi connectivity index (χ3v) is 4.91. The van der Waals surface area contributed by atoms with Crippen molar-refractivity contribution in [3.8, 4) is 0 Å². The summed E-state index contributed by atoms with van der Waals surface area (Å²) in [7, 11) is 0. The normalized spacial score (nSPS) is 19.5. The van der Waals surface area contributed by atoms with E-state index in [9.17, 15) is 9.59 Å². The van der Waals surface area contributed by atoms with Gasteiger partial charge in [0.2, 0.25) is 11.8 Å². The highest BCUT2D eigenvalue weighted by Crippen LogP contribution is 2.35. The summed E-state index contributed by atoms with van der Waals surface area (Å²) in [4.78, 5) is 26.4. The molecule has 2 atom stereocenters. The highest BCUT2D eigenvalue weighted by Gasteiger charge is 2.42. The molecule has 0 aromatic heterocycles. The van der Waals surface area contributed by atoms with Gasteiger partial charge in [0.05, 0.1) is 11.6 Å². The first-order chi connectivity index (χ1) is 10.6. The molecule has 2 aromatic carbocycles. The fraction of sp³-hybridized carbons (Fsp3) is 0.222. The molecule has 4 heteroatoms. The molecule has 0 bridgehead atoms. The average Bonchev–Trinajstić information content (AvgIpc) is 2.83. The van der Waals surface area contributed by atoms with Crippen LogP contribution in [0.3, 0.4) is 0 Å². The average molecular weight is 405 g/mol. The molecule has 1 aliphatic rings. The predicted octanol–water partition coefficient (Wildman–Crippen LogP) is 3.97. The molecule has 2 aromatic rings. The van der Waals surface area contributed by atoms with Crippen LogP contribution in [0, 0.1) is 9.49 Å². The van der Waals surface area contributed by atoms with Crippen LogP contribution in [0.2, 0.25) is 0 Å². The van der Waals surface area contributed by atoms with Crippen molar-refractivity contribution in [3.63, 3.8) is 0 Å². The topological polar surface area (TPSA) is 37.4 Å². The smallest absolute Gasteiger partial charge is 0.237 e. The summed E-state index contributed by atoms with van der Waals surface area (Å²) in [6, 6.07) is 17.4. The van der Waals surface area contributed by atoms with Gasteiger partial charge in [-0.25, -0.2) is 0 Å². The minimum absolute atomic E-state index is 0.0338. The maximum atomic E-state index is 12.7. The maximum Gasteiger partial charge on any atom is 0.237 e. The van der Waals surface area contributed by atoms with E-state index in [1.807, 2.05) is 61.5 Å². The number of amides is 2. The zero-order valence-electron chi connectivity index (χ0n) is 12.2. The number of nitrogens with zero attached hydrogens (tertiary/aromatic N) is 1. The van der Waals surface area contributed by atoms with Gasteiger partial charge in [-0.1, -0.05) is 37.3 Å². The number of halogens is 1. The monoisotopic (exact) mass is 405 g/mol. The molecule has 0 radical (unpaired) electrons. The van der Waals surface area contributed by atoms with Gasteiger partial charge in [-0.05, 0) is 58.3 Å². The van der Waals surface area contributed by atoms with Gasteiger partial charge < -0.3 is 0 Å². The highest BCUT2D eigenvalue weighted by atomic mass is 127. The van der Waals surface area contributed by atoms with E-state index in [0.29, 0.717) is 5.69 Å². The fourth-order valence-electron chi connectivity index (χ4n) is 2.90. The molecule has 3 nitrogen and oxygen atoms in total. The third kappa shape index (κ3) is 2.79. The predicted molar refractivity (Wildman–Crippen MR) is 94.6 cm³/mol. The van der Waals surface area contributed by atoms with Crippen molar-refractivity contribution in [2.45, 2.75) is 19.3 Å². The Hall–Kier alpha value is -1.69. The van der Waals surface area contributed by atoms with E-state index < -0.39 is 0 Å². The van der Waals surface area contributed by atoms with Crippen LogP contribution in [-0.4, -0.2) is 11.8 Å². The lowest BCUT2D eigenvalue weighted by Crippen LogP contribution is -2.31. The molecule has 0 aliphatic carbocycles. The Morgan fingerprint density at radius 3 is 2.32 bits per heavy atom. The number of carbonyl (C=O) groups excluding carboxylic acids is 2. The first-order valence-corrected chi connectivity index (χ1v) is 8.33. The molecule has 1 heterocycles. The second-order valence-electron chi connectivity index (χ2n) is 5.55. The van der Waals surface area contributed by atoms with Gasteiger partial charge in [0.1, 0.15) is 0 Å². The van der Waals surface area contributed by atoms with Gasteiger partial charge in [0, 0.05) is 9.99 Å². The quantitative estimate of drug-likeness (QED) is 0.573. The fourth-order valence-corrected chi connectivity index (χ4v) is 3.26. The van der Waals surface area contributed by atoms with E-state index in [0.717, 1.165) is 9.13 Å². The van der Waals surface area contributed by atoms with Crippen LogP contribution in [0.1, 0.15) is 24.8 Å². The van der Waals surface area contributed by atoms with E-state index in [-0.39, 0.29) is 30.1 Å². The van der Waals surface area contributed by atoms with Gasteiger partial charge in [-0.3, -0.25) is 14.5 Å².